The van der Waals surface area contributed by atoms with Gasteiger partial charge in [0, 0.05) is 24.5 Å². The van der Waals surface area contributed by atoms with Crippen LogP contribution >= 0.6 is 0 Å². The monoisotopic (exact) mass is 266 g/mol. The van der Waals surface area contributed by atoms with Gasteiger partial charge in [-0.15, -0.1) is 0 Å². The van der Waals surface area contributed by atoms with Gasteiger partial charge in [-0.05, 0) is 51.4 Å². The zero-order valence-corrected chi connectivity index (χ0v) is 11.7. The van der Waals surface area contributed by atoms with E-state index in [-0.39, 0.29) is 18.2 Å². The first-order chi connectivity index (χ1) is 9.25. The van der Waals surface area contributed by atoms with Gasteiger partial charge in [-0.3, -0.25) is 0 Å². The van der Waals surface area contributed by atoms with E-state index in [4.69, 9.17) is 0 Å². The molecule has 3 unspecified atom stereocenters. The van der Waals surface area contributed by atoms with Crippen LogP contribution in [-0.2, 0) is 0 Å². The van der Waals surface area contributed by atoms with Gasteiger partial charge >= 0.3 is 6.03 Å². The summed E-state index contributed by atoms with van der Waals surface area (Å²) in [4.78, 5) is 14.4. The SMILES string of the molecule is O=C(NC1CCC1)N1CCCCC1C1CCCC1O. The lowest BCUT2D eigenvalue weighted by atomic mass is 9.87. The van der Waals surface area contributed by atoms with E-state index >= 15 is 0 Å². The molecule has 1 aliphatic heterocycles. The van der Waals surface area contributed by atoms with Crippen LogP contribution in [0.3, 0.4) is 0 Å². The topological polar surface area (TPSA) is 52.6 Å². The summed E-state index contributed by atoms with van der Waals surface area (Å²) in [7, 11) is 0. The predicted molar refractivity (Wildman–Crippen MR) is 73.9 cm³/mol. The van der Waals surface area contributed by atoms with E-state index in [1.165, 1.54) is 12.8 Å². The summed E-state index contributed by atoms with van der Waals surface area (Å²) < 4.78 is 0. The normalized spacial score (nSPS) is 36.1. The van der Waals surface area contributed by atoms with E-state index in [1.54, 1.807) is 0 Å². The van der Waals surface area contributed by atoms with Crippen LogP contribution in [0.25, 0.3) is 0 Å². The maximum Gasteiger partial charge on any atom is 0.317 e. The molecule has 0 bridgehead atoms. The highest BCUT2D eigenvalue weighted by molar-refractivity contribution is 5.75. The van der Waals surface area contributed by atoms with Crippen molar-refractivity contribution in [2.45, 2.75) is 76.0 Å². The highest BCUT2D eigenvalue weighted by atomic mass is 16.3. The molecule has 0 aromatic heterocycles. The number of likely N-dealkylation sites (tertiary alicyclic amines) is 1. The van der Waals surface area contributed by atoms with Crippen molar-refractivity contribution in [2.24, 2.45) is 5.92 Å². The molecule has 2 saturated carbocycles. The van der Waals surface area contributed by atoms with Gasteiger partial charge in [0.2, 0.25) is 0 Å². The Hall–Kier alpha value is -0.770. The molecule has 2 N–H and O–H groups in total. The second-order valence-corrected chi connectivity index (χ2v) is 6.50. The van der Waals surface area contributed by atoms with Crippen LogP contribution in [0.2, 0.25) is 0 Å². The number of aliphatic hydroxyl groups is 1. The molecule has 3 fully saturated rings. The van der Waals surface area contributed by atoms with Crippen molar-refractivity contribution in [2.75, 3.05) is 6.54 Å². The Labute approximate surface area is 115 Å². The first-order valence-corrected chi connectivity index (χ1v) is 8.01. The van der Waals surface area contributed by atoms with Crippen molar-refractivity contribution >= 4 is 6.03 Å². The molecule has 0 radical (unpaired) electrons. The molecule has 3 aliphatic rings. The Morgan fingerprint density at radius 1 is 1.00 bits per heavy atom. The lowest BCUT2D eigenvalue weighted by Gasteiger charge is -2.41. The number of hydrogen-bond acceptors (Lipinski definition) is 2. The second kappa shape index (κ2) is 5.70. The quantitative estimate of drug-likeness (QED) is 0.805. The van der Waals surface area contributed by atoms with E-state index in [2.05, 4.69) is 5.32 Å². The standard InChI is InChI=1S/C15H26N2O2/c18-14-9-4-7-12(14)13-8-1-2-10-17(13)15(19)16-11-5-3-6-11/h11-14,18H,1-10H2,(H,16,19). The molecule has 0 spiro atoms. The largest absolute Gasteiger partial charge is 0.393 e. The Morgan fingerprint density at radius 3 is 2.42 bits per heavy atom. The zero-order chi connectivity index (χ0) is 13.2. The molecule has 0 aromatic rings. The fourth-order valence-corrected chi connectivity index (χ4v) is 3.88. The Kier molecular flexibility index (Phi) is 3.96. The number of urea groups is 1. The van der Waals surface area contributed by atoms with Crippen molar-refractivity contribution in [3.05, 3.63) is 0 Å². The summed E-state index contributed by atoms with van der Waals surface area (Å²) in [5, 5.41) is 13.3. The van der Waals surface area contributed by atoms with Gasteiger partial charge in [0.15, 0.2) is 0 Å². The van der Waals surface area contributed by atoms with Gasteiger partial charge in [0.1, 0.15) is 0 Å². The van der Waals surface area contributed by atoms with Crippen molar-refractivity contribution in [1.29, 1.82) is 0 Å². The van der Waals surface area contributed by atoms with E-state index < -0.39 is 0 Å². The molecular weight excluding hydrogens is 240 g/mol. The molecule has 3 rings (SSSR count). The highest BCUT2D eigenvalue weighted by Crippen LogP contribution is 2.35. The van der Waals surface area contributed by atoms with Crippen LogP contribution in [0, 0.1) is 5.92 Å². The number of piperidine rings is 1. The van der Waals surface area contributed by atoms with Crippen molar-refractivity contribution < 1.29 is 9.90 Å². The average molecular weight is 266 g/mol. The van der Waals surface area contributed by atoms with Crippen LogP contribution in [0.1, 0.15) is 57.8 Å². The molecule has 3 atom stereocenters. The van der Waals surface area contributed by atoms with Gasteiger partial charge < -0.3 is 15.3 Å². The fraction of sp³-hybridized carbons (Fsp3) is 0.933. The molecule has 4 heteroatoms. The van der Waals surface area contributed by atoms with E-state index in [1.807, 2.05) is 4.90 Å². The Balaban J connectivity index is 1.64. The molecule has 108 valence electrons. The fourth-order valence-electron chi connectivity index (χ4n) is 3.88. The van der Waals surface area contributed by atoms with E-state index in [9.17, 15) is 9.90 Å². The first-order valence-electron chi connectivity index (χ1n) is 8.01. The van der Waals surface area contributed by atoms with Crippen LogP contribution < -0.4 is 5.32 Å². The molecule has 2 aliphatic carbocycles. The van der Waals surface area contributed by atoms with E-state index in [0.717, 1.165) is 51.5 Å². The number of nitrogens with zero attached hydrogens (tertiary/aromatic N) is 1. The highest BCUT2D eigenvalue weighted by Gasteiger charge is 2.39. The summed E-state index contributed by atoms with van der Waals surface area (Å²) in [5.74, 6) is 0.312. The van der Waals surface area contributed by atoms with Crippen LogP contribution in [0.4, 0.5) is 4.79 Å². The minimum atomic E-state index is -0.192. The number of nitrogens with one attached hydrogen (secondary N) is 1. The van der Waals surface area contributed by atoms with Gasteiger partial charge in [0.25, 0.3) is 0 Å². The van der Waals surface area contributed by atoms with Gasteiger partial charge in [-0.1, -0.05) is 6.42 Å². The Bertz CT molecular complexity index is 330. The summed E-state index contributed by atoms with van der Waals surface area (Å²) >= 11 is 0. The van der Waals surface area contributed by atoms with Crippen molar-refractivity contribution in [3.63, 3.8) is 0 Å². The molecule has 2 amide bonds. The summed E-state index contributed by atoms with van der Waals surface area (Å²) in [6.07, 6.45) is 9.81. The van der Waals surface area contributed by atoms with Crippen molar-refractivity contribution in [1.82, 2.24) is 10.2 Å². The Morgan fingerprint density at radius 2 is 1.79 bits per heavy atom. The second-order valence-electron chi connectivity index (χ2n) is 6.50. The minimum Gasteiger partial charge on any atom is -0.393 e. The van der Waals surface area contributed by atoms with Gasteiger partial charge in [0.05, 0.1) is 6.10 Å². The smallest absolute Gasteiger partial charge is 0.317 e. The third kappa shape index (κ3) is 2.73. The lowest BCUT2D eigenvalue weighted by Crippen LogP contribution is -2.55. The number of carbonyl (C=O) groups excluding carboxylic acids is 1. The summed E-state index contributed by atoms with van der Waals surface area (Å²) in [6.45, 7) is 0.867. The van der Waals surface area contributed by atoms with Gasteiger partial charge in [-0.2, -0.15) is 0 Å². The summed E-state index contributed by atoms with van der Waals surface area (Å²) in [5.41, 5.74) is 0. The minimum absolute atomic E-state index is 0.119. The molecule has 1 saturated heterocycles. The summed E-state index contributed by atoms with van der Waals surface area (Å²) in [6, 6.07) is 0.795. The third-order valence-corrected chi connectivity index (χ3v) is 5.27. The molecule has 1 heterocycles. The zero-order valence-electron chi connectivity index (χ0n) is 11.7. The van der Waals surface area contributed by atoms with Crippen LogP contribution in [0.5, 0.6) is 0 Å². The molecular formula is C15H26N2O2. The van der Waals surface area contributed by atoms with Crippen molar-refractivity contribution in [3.8, 4) is 0 Å². The number of carbonyl (C=O) groups is 1. The van der Waals surface area contributed by atoms with Crippen LogP contribution in [0.15, 0.2) is 0 Å². The first kappa shape index (κ1) is 13.2. The predicted octanol–water partition coefficient (Wildman–Crippen LogP) is 2.26. The number of amides is 2. The average Bonchev–Trinajstić information content (AvgIpc) is 2.80. The lowest BCUT2D eigenvalue weighted by molar-refractivity contribution is 0.0512. The number of aliphatic hydroxyl groups excluding tert-OH is 1. The maximum absolute atomic E-state index is 12.4. The number of hydrogen-bond donors (Lipinski definition) is 2. The van der Waals surface area contributed by atoms with Gasteiger partial charge in [-0.25, -0.2) is 4.79 Å². The molecule has 19 heavy (non-hydrogen) atoms. The third-order valence-electron chi connectivity index (χ3n) is 5.27. The van der Waals surface area contributed by atoms with Crippen LogP contribution in [-0.4, -0.2) is 40.8 Å². The number of rotatable bonds is 2. The van der Waals surface area contributed by atoms with E-state index in [0.29, 0.717) is 12.0 Å². The molecule has 0 aromatic carbocycles. The maximum atomic E-state index is 12.4. The molecule has 4 nitrogen and oxygen atoms in total.